The first-order valence-corrected chi connectivity index (χ1v) is 6.55. The molecule has 0 bridgehead atoms. The van der Waals surface area contributed by atoms with E-state index in [1.165, 1.54) is 0 Å². The van der Waals surface area contributed by atoms with E-state index in [2.05, 4.69) is 0 Å². The summed E-state index contributed by atoms with van der Waals surface area (Å²) in [5.41, 5.74) is -3.40. The molecule has 0 aromatic heterocycles. The quantitative estimate of drug-likeness (QED) is 0.769. The third kappa shape index (κ3) is 4.70. The molecule has 1 amide bonds. The molecule has 0 spiro atoms. The van der Waals surface area contributed by atoms with Crippen LogP contribution in [0.3, 0.4) is 0 Å². The standard InChI is InChI=1S/C22H28N2O/c1-2-22(25)24(20-11-7-4-8-12-20)21-14-17-23(18-15-21)16-13-19-9-5-3-6-10-19/h3-12,21H,2,13-18H2,1H3/i1D3,2D2,3D,4D,5D,6D,7D,8D,9D,10D,11D,12D,13D2,14D2,15D2,16D2,17D2,18D2,21D. The van der Waals surface area contributed by atoms with Crippen molar-refractivity contribution in [3.05, 3.63) is 66.0 Å². The minimum atomic E-state index is -4.87. The maximum Gasteiger partial charge on any atom is 0.226 e. The molecule has 0 unspecified atom stereocenters. The van der Waals surface area contributed by atoms with Crippen LogP contribution in [-0.2, 0) is 11.2 Å². The van der Waals surface area contributed by atoms with Crippen molar-refractivity contribution in [1.82, 2.24) is 4.90 Å². The van der Waals surface area contributed by atoms with Crippen molar-refractivity contribution in [2.45, 2.75) is 38.4 Å². The molecule has 25 heavy (non-hydrogen) atoms. The molecule has 2 aromatic rings. The van der Waals surface area contributed by atoms with Gasteiger partial charge in [0, 0.05) is 60.9 Å². The Hall–Kier alpha value is -2.13. The second kappa shape index (κ2) is 8.82. The lowest BCUT2D eigenvalue weighted by Gasteiger charge is -2.38. The molecule has 1 aliphatic heterocycles. The van der Waals surface area contributed by atoms with Crippen molar-refractivity contribution in [2.24, 2.45) is 0 Å². The molecule has 0 N–H and O–H groups in total. The lowest BCUT2D eigenvalue weighted by Crippen LogP contribution is -2.47. The molecule has 2 aromatic carbocycles. The Morgan fingerprint density at radius 3 is 2.52 bits per heavy atom. The molecule has 3 heteroatoms. The second-order valence-corrected chi connectivity index (χ2v) is 4.13. The van der Waals surface area contributed by atoms with Gasteiger partial charge in [0.15, 0.2) is 0 Å². The highest BCUT2D eigenvalue weighted by atomic mass is 16.2. The number of carbonyl (C=O) groups excluding carboxylic acids is 1. The number of piperidine rings is 1. The number of likely N-dealkylation sites (tertiary alicyclic amines) is 1. The summed E-state index contributed by atoms with van der Waals surface area (Å²) >= 11 is 0. The van der Waals surface area contributed by atoms with E-state index < -0.39 is 145 Å². The average Bonchev–Trinajstić information content (AvgIpc) is 3.00. The fourth-order valence-corrected chi connectivity index (χ4v) is 1.59. The number of nitrogens with zero attached hydrogens (tertiary/aromatic N) is 2. The molecule has 0 radical (unpaired) electrons. The summed E-state index contributed by atoms with van der Waals surface area (Å²) in [4.78, 5) is 12.0. The SMILES string of the molecule is [2H]c1c([2H])c([2H])c(N(C(=O)C([2H])([2H])C([2H])([2H])[2H])C2([2H])C([2H])([2H])C([2H])([2H])N(C([2H])([2H])C([2H])([2H])c3c([2H])c([2H])c([2H])c([2H])c3[2H])C([2H])([2H])C2([2H])[2H])c([2H])c1[2H]. The van der Waals surface area contributed by atoms with Crippen molar-refractivity contribution in [1.29, 1.82) is 0 Å². The fraction of sp³-hybridized carbons (Fsp3) is 0.409. The van der Waals surface area contributed by atoms with Crippen LogP contribution >= 0.6 is 0 Å². The van der Waals surface area contributed by atoms with E-state index in [1.807, 2.05) is 0 Å². The first-order valence-electron chi connectivity index (χ1n) is 20.5. The number of hydrogen-bond donors (Lipinski definition) is 0. The summed E-state index contributed by atoms with van der Waals surface area (Å²) in [6.07, 6.45) is -18.3. The van der Waals surface area contributed by atoms with E-state index in [4.69, 9.17) is 37.0 Å². The number of para-hydroxylation sites is 1. The van der Waals surface area contributed by atoms with Crippen LogP contribution in [0.4, 0.5) is 5.69 Å². The third-order valence-corrected chi connectivity index (χ3v) is 2.61. The van der Waals surface area contributed by atoms with E-state index in [9.17, 15) is 6.17 Å². The summed E-state index contributed by atoms with van der Waals surface area (Å²) in [6, 6.07) is -18.7. The van der Waals surface area contributed by atoms with Gasteiger partial charge in [-0.05, 0) is 36.8 Å². The normalized spacial score (nSPS) is 43.7. The van der Waals surface area contributed by atoms with Gasteiger partial charge in [0.2, 0.25) is 5.91 Å². The molecule has 1 heterocycles. The molecule has 1 fully saturated rings. The molecule has 132 valence electrons. The zero-order valence-corrected chi connectivity index (χ0v) is 12.3. The molecule has 1 aliphatic rings. The van der Waals surface area contributed by atoms with Gasteiger partial charge in [-0.25, -0.2) is 0 Å². The Morgan fingerprint density at radius 2 is 1.88 bits per heavy atom. The van der Waals surface area contributed by atoms with Gasteiger partial charge in [0.25, 0.3) is 0 Å². The van der Waals surface area contributed by atoms with Crippen molar-refractivity contribution < 1.29 is 43.2 Å². The zero-order valence-electron chi connectivity index (χ0n) is 40.3. The lowest BCUT2D eigenvalue weighted by atomic mass is 10.0. The Labute approximate surface area is 190 Å². The van der Waals surface area contributed by atoms with Crippen molar-refractivity contribution in [3.63, 3.8) is 0 Å². The van der Waals surface area contributed by atoms with Gasteiger partial charge in [-0.15, -0.1) is 0 Å². The van der Waals surface area contributed by atoms with E-state index in [0.717, 1.165) is 0 Å². The first kappa shape index (κ1) is 3.91. The van der Waals surface area contributed by atoms with E-state index in [0.29, 0.717) is 0 Å². The second-order valence-electron chi connectivity index (χ2n) is 4.13. The van der Waals surface area contributed by atoms with Gasteiger partial charge in [0.05, 0.1) is 15.1 Å². The van der Waals surface area contributed by atoms with Crippen molar-refractivity contribution in [3.8, 4) is 0 Å². The van der Waals surface area contributed by atoms with Crippen LogP contribution in [0, 0.1) is 0 Å². The predicted molar refractivity (Wildman–Crippen MR) is 104 cm³/mol. The van der Waals surface area contributed by atoms with Crippen LogP contribution in [-0.4, -0.2) is 36.3 Å². The minimum Gasteiger partial charge on any atom is -0.309 e. The largest absolute Gasteiger partial charge is 0.309 e. The summed E-state index contributed by atoms with van der Waals surface area (Å²) < 4.78 is 233. The van der Waals surface area contributed by atoms with Crippen LogP contribution in [0.5, 0.6) is 0 Å². The number of benzene rings is 2. The number of carbonyl (C=O) groups is 1. The molecule has 1 saturated heterocycles. The average molecular weight is 365 g/mol. The van der Waals surface area contributed by atoms with Gasteiger partial charge in [-0.3, -0.25) is 4.79 Å². The molecule has 3 rings (SSSR count). The van der Waals surface area contributed by atoms with Gasteiger partial charge in [-0.2, -0.15) is 0 Å². The van der Waals surface area contributed by atoms with Gasteiger partial charge < -0.3 is 9.80 Å². The van der Waals surface area contributed by atoms with Crippen LogP contribution in [0.25, 0.3) is 0 Å². The smallest absolute Gasteiger partial charge is 0.226 e. The van der Waals surface area contributed by atoms with Crippen LogP contribution in [0.1, 0.15) is 69.9 Å². The summed E-state index contributed by atoms with van der Waals surface area (Å²) in [6.45, 7) is -18.2. The lowest BCUT2D eigenvalue weighted by molar-refractivity contribution is -0.119. The van der Waals surface area contributed by atoms with Gasteiger partial charge in [0.1, 0.15) is 0 Å². The molecule has 0 saturated carbocycles. The molecular formula is C22H28N2O. The van der Waals surface area contributed by atoms with Crippen LogP contribution in [0.2, 0.25) is 0 Å². The Bertz CT molecular complexity index is 1780. The molecular weight excluding hydrogens is 308 g/mol. The predicted octanol–water partition coefficient (Wildman–Crippen LogP) is 4.14. The maximum absolute atomic E-state index is 14.0. The van der Waals surface area contributed by atoms with Crippen LogP contribution < -0.4 is 4.90 Å². The highest BCUT2D eigenvalue weighted by molar-refractivity contribution is 5.93. The monoisotopic (exact) mass is 364 g/mol. The Morgan fingerprint density at radius 1 is 1.24 bits per heavy atom. The van der Waals surface area contributed by atoms with E-state index >= 15 is 0 Å². The fourth-order valence-electron chi connectivity index (χ4n) is 1.59. The van der Waals surface area contributed by atoms with Crippen LogP contribution in [0.15, 0.2) is 60.4 Å². The molecule has 0 atom stereocenters. The minimum absolute atomic E-state index is 0.966. The highest BCUT2D eigenvalue weighted by Gasteiger charge is 2.28. The number of hydrogen-bond acceptors (Lipinski definition) is 2. The topological polar surface area (TPSA) is 23.6 Å². The number of amides is 1. The van der Waals surface area contributed by atoms with Crippen molar-refractivity contribution >= 4 is 11.6 Å². The number of anilines is 1. The van der Waals surface area contributed by atoms with E-state index in [-0.39, 0.29) is 0 Å². The first-order chi connectivity index (χ1) is 23.2. The molecule has 0 aliphatic carbocycles. The van der Waals surface area contributed by atoms with Gasteiger partial charge in [-0.1, -0.05) is 55.2 Å². The maximum atomic E-state index is 14.0. The summed E-state index contributed by atoms with van der Waals surface area (Å²) in [7, 11) is 0. The Balaban J connectivity index is 2.62. The Kier molecular flexibility index (Phi) is 1.38. The summed E-state index contributed by atoms with van der Waals surface area (Å²) in [5.74, 6) is -2.77. The van der Waals surface area contributed by atoms with Crippen molar-refractivity contribution in [2.75, 3.05) is 24.4 Å². The van der Waals surface area contributed by atoms with Gasteiger partial charge >= 0.3 is 0 Å². The third-order valence-electron chi connectivity index (χ3n) is 2.61. The highest BCUT2D eigenvalue weighted by Crippen LogP contribution is 2.24. The zero-order chi connectivity index (χ0) is 42.2. The van der Waals surface area contributed by atoms with E-state index in [1.54, 1.807) is 0 Å². The molecule has 3 nitrogen and oxygen atoms in total. The summed E-state index contributed by atoms with van der Waals surface area (Å²) in [5, 5.41) is 0. The number of rotatable bonds is 6.